The van der Waals surface area contributed by atoms with Gasteiger partial charge < -0.3 is 14.8 Å². The molecule has 0 heterocycles. The Kier molecular flexibility index (Phi) is 9.09. The van der Waals surface area contributed by atoms with Crippen molar-refractivity contribution in [3.8, 4) is 5.75 Å². The summed E-state index contributed by atoms with van der Waals surface area (Å²) in [6.45, 7) is 10.8. The molecule has 0 bridgehead atoms. The largest absolute Gasteiger partial charge is 0.494 e. The number of ether oxygens (including phenoxy) is 2. The maximum absolute atomic E-state index is 5.56. The first kappa shape index (κ1) is 17.0. The van der Waals surface area contributed by atoms with E-state index in [2.05, 4.69) is 38.2 Å². The maximum atomic E-state index is 5.56. The third-order valence-corrected chi connectivity index (χ3v) is 2.82. The van der Waals surface area contributed by atoms with Gasteiger partial charge in [-0.05, 0) is 43.0 Å². The van der Waals surface area contributed by atoms with Crippen LogP contribution in [0.5, 0.6) is 5.75 Å². The second kappa shape index (κ2) is 10.7. The fourth-order valence-corrected chi connectivity index (χ4v) is 1.77. The highest BCUT2D eigenvalue weighted by atomic mass is 16.5. The Morgan fingerprint density at radius 2 is 1.85 bits per heavy atom. The zero-order valence-electron chi connectivity index (χ0n) is 13.2. The molecule has 114 valence electrons. The lowest BCUT2D eigenvalue weighted by Gasteiger charge is -2.08. The SMILES string of the molecule is CCCOc1ccc(CNCCCOCC(C)C)cc1. The molecule has 0 aromatic heterocycles. The molecule has 20 heavy (non-hydrogen) atoms. The summed E-state index contributed by atoms with van der Waals surface area (Å²) >= 11 is 0. The van der Waals surface area contributed by atoms with E-state index in [1.807, 2.05) is 12.1 Å². The van der Waals surface area contributed by atoms with Gasteiger partial charge in [-0.2, -0.15) is 0 Å². The Hall–Kier alpha value is -1.06. The van der Waals surface area contributed by atoms with Crippen LogP contribution in [0.25, 0.3) is 0 Å². The van der Waals surface area contributed by atoms with Gasteiger partial charge in [-0.3, -0.25) is 0 Å². The number of hydrogen-bond donors (Lipinski definition) is 1. The summed E-state index contributed by atoms with van der Waals surface area (Å²) in [6.07, 6.45) is 2.10. The topological polar surface area (TPSA) is 30.5 Å². The molecule has 0 aliphatic rings. The van der Waals surface area contributed by atoms with Gasteiger partial charge in [-0.15, -0.1) is 0 Å². The molecule has 0 aliphatic carbocycles. The molecular weight excluding hydrogens is 250 g/mol. The third kappa shape index (κ3) is 8.18. The third-order valence-electron chi connectivity index (χ3n) is 2.82. The number of hydrogen-bond acceptors (Lipinski definition) is 3. The maximum Gasteiger partial charge on any atom is 0.119 e. The van der Waals surface area contributed by atoms with E-state index in [-0.39, 0.29) is 0 Å². The van der Waals surface area contributed by atoms with Crippen molar-refractivity contribution in [1.82, 2.24) is 5.32 Å². The molecule has 0 unspecified atom stereocenters. The summed E-state index contributed by atoms with van der Waals surface area (Å²) in [7, 11) is 0. The lowest BCUT2D eigenvalue weighted by Crippen LogP contribution is -2.16. The molecule has 3 heteroatoms. The van der Waals surface area contributed by atoms with Crippen molar-refractivity contribution in [3.63, 3.8) is 0 Å². The number of rotatable bonds is 11. The molecule has 0 saturated carbocycles. The Morgan fingerprint density at radius 3 is 2.50 bits per heavy atom. The van der Waals surface area contributed by atoms with Crippen LogP contribution in [0.15, 0.2) is 24.3 Å². The highest BCUT2D eigenvalue weighted by molar-refractivity contribution is 5.27. The zero-order valence-corrected chi connectivity index (χ0v) is 13.2. The average molecular weight is 279 g/mol. The average Bonchev–Trinajstić information content (AvgIpc) is 2.45. The van der Waals surface area contributed by atoms with Gasteiger partial charge in [0, 0.05) is 19.8 Å². The van der Waals surface area contributed by atoms with Gasteiger partial charge >= 0.3 is 0 Å². The number of benzene rings is 1. The monoisotopic (exact) mass is 279 g/mol. The molecule has 3 nitrogen and oxygen atoms in total. The molecule has 1 aromatic rings. The smallest absolute Gasteiger partial charge is 0.119 e. The molecule has 0 amide bonds. The van der Waals surface area contributed by atoms with E-state index in [0.29, 0.717) is 5.92 Å². The standard InChI is InChI=1S/C17H29NO2/c1-4-11-20-17-8-6-16(7-9-17)13-18-10-5-12-19-14-15(2)3/h6-9,15,18H,4-5,10-14H2,1-3H3. The Labute approximate surface area is 123 Å². The van der Waals surface area contributed by atoms with E-state index in [1.165, 1.54) is 5.56 Å². The normalized spacial score (nSPS) is 11.0. The van der Waals surface area contributed by atoms with Gasteiger partial charge in [0.05, 0.1) is 6.61 Å². The van der Waals surface area contributed by atoms with Crippen LogP contribution in [0.2, 0.25) is 0 Å². The summed E-state index contributed by atoms with van der Waals surface area (Å²) in [4.78, 5) is 0. The van der Waals surface area contributed by atoms with Gasteiger partial charge in [0.1, 0.15) is 5.75 Å². The molecule has 0 spiro atoms. The van der Waals surface area contributed by atoms with Crippen LogP contribution >= 0.6 is 0 Å². The summed E-state index contributed by atoms with van der Waals surface area (Å²) in [5.41, 5.74) is 1.29. The Bertz CT molecular complexity index is 335. The van der Waals surface area contributed by atoms with E-state index in [1.54, 1.807) is 0 Å². The van der Waals surface area contributed by atoms with Gasteiger partial charge in [0.2, 0.25) is 0 Å². The fraction of sp³-hybridized carbons (Fsp3) is 0.647. The highest BCUT2D eigenvalue weighted by Gasteiger charge is 1.96. The summed E-state index contributed by atoms with van der Waals surface area (Å²) in [5, 5.41) is 3.43. The van der Waals surface area contributed by atoms with Crippen LogP contribution in [0.3, 0.4) is 0 Å². The first-order valence-electron chi connectivity index (χ1n) is 7.72. The minimum atomic E-state index is 0.622. The van der Waals surface area contributed by atoms with Crippen molar-refractivity contribution in [2.45, 2.75) is 40.2 Å². The van der Waals surface area contributed by atoms with Crippen LogP contribution in [0.1, 0.15) is 39.2 Å². The van der Waals surface area contributed by atoms with Crippen LogP contribution in [0.4, 0.5) is 0 Å². The van der Waals surface area contributed by atoms with Crippen molar-refractivity contribution < 1.29 is 9.47 Å². The molecule has 1 N–H and O–H groups in total. The van der Waals surface area contributed by atoms with Crippen molar-refractivity contribution in [2.75, 3.05) is 26.4 Å². The minimum Gasteiger partial charge on any atom is -0.494 e. The van der Waals surface area contributed by atoms with E-state index in [4.69, 9.17) is 9.47 Å². The van der Waals surface area contributed by atoms with E-state index in [0.717, 1.165) is 51.5 Å². The second-order valence-electron chi connectivity index (χ2n) is 5.49. The predicted molar refractivity (Wildman–Crippen MR) is 84.2 cm³/mol. The first-order valence-corrected chi connectivity index (χ1v) is 7.72. The van der Waals surface area contributed by atoms with Crippen LogP contribution in [-0.2, 0) is 11.3 Å². The Morgan fingerprint density at radius 1 is 1.10 bits per heavy atom. The van der Waals surface area contributed by atoms with Crippen LogP contribution in [-0.4, -0.2) is 26.4 Å². The van der Waals surface area contributed by atoms with E-state index in [9.17, 15) is 0 Å². The van der Waals surface area contributed by atoms with E-state index >= 15 is 0 Å². The summed E-state index contributed by atoms with van der Waals surface area (Å²) < 4.78 is 11.1. The summed E-state index contributed by atoms with van der Waals surface area (Å²) in [6, 6.07) is 8.32. The highest BCUT2D eigenvalue weighted by Crippen LogP contribution is 2.12. The van der Waals surface area contributed by atoms with Gasteiger partial charge in [-0.1, -0.05) is 32.9 Å². The molecule has 0 atom stereocenters. The van der Waals surface area contributed by atoms with Crippen molar-refractivity contribution >= 4 is 0 Å². The Balaban J connectivity index is 2.07. The molecule has 0 fully saturated rings. The minimum absolute atomic E-state index is 0.622. The predicted octanol–water partition coefficient (Wildman–Crippen LogP) is 3.63. The second-order valence-corrected chi connectivity index (χ2v) is 5.49. The summed E-state index contributed by atoms with van der Waals surface area (Å²) in [5.74, 6) is 1.58. The molecular formula is C17H29NO2. The fourth-order valence-electron chi connectivity index (χ4n) is 1.77. The van der Waals surface area contributed by atoms with Crippen molar-refractivity contribution in [2.24, 2.45) is 5.92 Å². The van der Waals surface area contributed by atoms with Crippen molar-refractivity contribution in [1.29, 1.82) is 0 Å². The van der Waals surface area contributed by atoms with Gasteiger partial charge in [-0.25, -0.2) is 0 Å². The molecule has 0 radical (unpaired) electrons. The van der Waals surface area contributed by atoms with E-state index < -0.39 is 0 Å². The van der Waals surface area contributed by atoms with Gasteiger partial charge in [0.25, 0.3) is 0 Å². The van der Waals surface area contributed by atoms with Gasteiger partial charge in [0.15, 0.2) is 0 Å². The molecule has 1 rings (SSSR count). The lowest BCUT2D eigenvalue weighted by atomic mass is 10.2. The van der Waals surface area contributed by atoms with Crippen molar-refractivity contribution in [3.05, 3.63) is 29.8 Å². The molecule has 1 aromatic carbocycles. The molecule has 0 aliphatic heterocycles. The lowest BCUT2D eigenvalue weighted by molar-refractivity contribution is 0.108. The van der Waals surface area contributed by atoms with Crippen LogP contribution in [0, 0.1) is 5.92 Å². The number of nitrogens with one attached hydrogen (secondary N) is 1. The first-order chi connectivity index (χ1) is 9.72. The van der Waals surface area contributed by atoms with Crippen LogP contribution < -0.4 is 10.1 Å². The quantitative estimate of drug-likeness (QED) is 0.627. The molecule has 0 saturated heterocycles. The zero-order chi connectivity index (χ0) is 14.6.